The highest BCUT2D eigenvalue weighted by molar-refractivity contribution is 6.44. The van der Waals surface area contributed by atoms with Gasteiger partial charge >= 0.3 is 0 Å². The Morgan fingerprint density at radius 2 is 1.62 bits per heavy atom. The van der Waals surface area contributed by atoms with Gasteiger partial charge in [0.1, 0.15) is 0 Å². The van der Waals surface area contributed by atoms with Crippen LogP contribution < -0.4 is 5.56 Å². The van der Waals surface area contributed by atoms with Crippen LogP contribution in [-0.4, -0.2) is 4.98 Å². The molecule has 16 heavy (non-hydrogen) atoms. The molecule has 0 radical (unpaired) electrons. The molecule has 0 unspecified atom stereocenters. The van der Waals surface area contributed by atoms with Crippen LogP contribution in [0.3, 0.4) is 0 Å². The first-order valence-electron chi connectivity index (χ1n) is 4.41. The van der Waals surface area contributed by atoms with Crippen LogP contribution in [0.1, 0.15) is 0 Å². The third kappa shape index (κ3) is 2.24. The Morgan fingerprint density at radius 3 is 2.25 bits per heavy atom. The fourth-order valence-corrected chi connectivity index (χ4v) is 1.98. The summed E-state index contributed by atoms with van der Waals surface area (Å²) in [5, 5.41) is 1.31. The van der Waals surface area contributed by atoms with Gasteiger partial charge < -0.3 is 4.98 Å². The average Bonchev–Trinajstić information content (AvgIpc) is 2.25. The van der Waals surface area contributed by atoms with E-state index in [0.717, 1.165) is 11.1 Å². The fourth-order valence-electron chi connectivity index (χ4n) is 1.32. The first-order valence-corrected chi connectivity index (χ1v) is 5.55. The summed E-state index contributed by atoms with van der Waals surface area (Å²) in [5.74, 6) is 0. The van der Waals surface area contributed by atoms with Crippen LogP contribution in [0.25, 0.3) is 11.1 Å². The molecule has 2 nitrogen and oxygen atoms in total. The molecule has 0 spiro atoms. The molecule has 0 amide bonds. The summed E-state index contributed by atoms with van der Waals surface area (Å²) < 4.78 is 0. The average molecular weight is 275 g/mol. The van der Waals surface area contributed by atoms with Crippen LogP contribution in [-0.2, 0) is 0 Å². The van der Waals surface area contributed by atoms with Crippen molar-refractivity contribution in [2.24, 2.45) is 0 Å². The van der Waals surface area contributed by atoms with Gasteiger partial charge in [0.15, 0.2) is 0 Å². The molecule has 0 aliphatic rings. The van der Waals surface area contributed by atoms with Crippen LogP contribution >= 0.6 is 34.8 Å². The number of H-pyrrole nitrogens is 1. The van der Waals surface area contributed by atoms with Crippen molar-refractivity contribution in [3.8, 4) is 11.1 Å². The van der Waals surface area contributed by atoms with E-state index in [4.69, 9.17) is 34.8 Å². The second-order valence-electron chi connectivity index (χ2n) is 3.19. The molecule has 0 aliphatic carbocycles. The summed E-state index contributed by atoms with van der Waals surface area (Å²) in [6.45, 7) is 0. The molecule has 5 heteroatoms. The standard InChI is InChI=1S/C11H6Cl3NO/c12-8-4-10(14)9(13)3-7(8)6-1-2-11(16)15-5-6/h1-5H,(H,15,16). The third-order valence-electron chi connectivity index (χ3n) is 2.11. The fraction of sp³-hybridized carbons (Fsp3) is 0. The minimum absolute atomic E-state index is 0.167. The zero-order valence-electron chi connectivity index (χ0n) is 7.93. The molecule has 1 N–H and O–H groups in total. The summed E-state index contributed by atoms with van der Waals surface area (Å²) in [4.78, 5) is 13.5. The normalized spacial score (nSPS) is 10.4. The van der Waals surface area contributed by atoms with Gasteiger partial charge in [0, 0.05) is 17.8 Å². The highest BCUT2D eigenvalue weighted by atomic mass is 35.5. The quantitative estimate of drug-likeness (QED) is 0.783. The number of hydrogen-bond donors (Lipinski definition) is 1. The lowest BCUT2D eigenvalue weighted by atomic mass is 10.1. The molecule has 1 aromatic heterocycles. The van der Waals surface area contributed by atoms with Gasteiger partial charge in [-0.3, -0.25) is 4.79 Å². The van der Waals surface area contributed by atoms with E-state index in [-0.39, 0.29) is 5.56 Å². The van der Waals surface area contributed by atoms with Crippen LogP contribution in [0.15, 0.2) is 35.3 Å². The molecule has 0 saturated carbocycles. The van der Waals surface area contributed by atoms with Crippen LogP contribution in [0.5, 0.6) is 0 Å². The molecule has 0 bridgehead atoms. The van der Waals surface area contributed by atoms with Crippen LogP contribution in [0, 0.1) is 0 Å². The molecule has 2 rings (SSSR count). The summed E-state index contributed by atoms with van der Waals surface area (Å²) >= 11 is 17.8. The van der Waals surface area contributed by atoms with Gasteiger partial charge in [0.25, 0.3) is 0 Å². The van der Waals surface area contributed by atoms with Gasteiger partial charge in [-0.2, -0.15) is 0 Å². The van der Waals surface area contributed by atoms with E-state index in [2.05, 4.69) is 4.98 Å². The van der Waals surface area contributed by atoms with E-state index in [1.165, 1.54) is 6.07 Å². The zero-order valence-corrected chi connectivity index (χ0v) is 10.2. The highest BCUT2D eigenvalue weighted by Crippen LogP contribution is 2.34. The molecular weight excluding hydrogens is 268 g/mol. The molecule has 0 fully saturated rings. The molecule has 1 aromatic carbocycles. The van der Waals surface area contributed by atoms with Crippen LogP contribution in [0.2, 0.25) is 15.1 Å². The summed E-state index contributed by atoms with van der Waals surface area (Å²) in [5.41, 5.74) is 1.34. The first-order chi connectivity index (χ1) is 7.58. The van der Waals surface area contributed by atoms with E-state index in [1.54, 1.807) is 24.4 Å². The van der Waals surface area contributed by atoms with Crippen molar-refractivity contribution in [3.63, 3.8) is 0 Å². The maximum absolute atomic E-state index is 10.9. The predicted molar refractivity (Wildman–Crippen MR) is 67.5 cm³/mol. The lowest BCUT2D eigenvalue weighted by Gasteiger charge is -2.06. The molecule has 0 atom stereocenters. The van der Waals surface area contributed by atoms with E-state index in [0.29, 0.717) is 15.1 Å². The molecule has 82 valence electrons. The van der Waals surface area contributed by atoms with Gasteiger partial charge in [-0.1, -0.05) is 34.8 Å². The molecular formula is C11H6Cl3NO. The Morgan fingerprint density at radius 1 is 0.938 bits per heavy atom. The SMILES string of the molecule is O=c1ccc(-c2cc(Cl)c(Cl)cc2Cl)c[nH]1. The van der Waals surface area contributed by atoms with Crippen molar-refractivity contribution >= 4 is 34.8 Å². The van der Waals surface area contributed by atoms with Gasteiger partial charge in [-0.05, 0) is 23.8 Å². The molecule has 0 saturated heterocycles. The zero-order chi connectivity index (χ0) is 11.7. The number of benzene rings is 1. The van der Waals surface area contributed by atoms with Crippen molar-refractivity contribution < 1.29 is 0 Å². The second-order valence-corrected chi connectivity index (χ2v) is 4.41. The van der Waals surface area contributed by atoms with Crippen molar-refractivity contribution in [1.82, 2.24) is 4.98 Å². The smallest absolute Gasteiger partial charge is 0.247 e. The van der Waals surface area contributed by atoms with E-state index in [1.807, 2.05) is 0 Å². The van der Waals surface area contributed by atoms with Gasteiger partial charge in [0.05, 0.1) is 15.1 Å². The van der Waals surface area contributed by atoms with Crippen molar-refractivity contribution in [2.75, 3.05) is 0 Å². The van der Waals surface area contributed by atoms with Crippen molar-refractivity contribution in [3.05, 3.63) is 55.9 Å². The number of aromatic nitrogens is 1. The lowest BCUT2D eigenvalue weighted by molar-refractivity contribution is 1.24. The number of hydrogen-bond acceptors (Lipinski definition) is 1. The van der Waals surface area contributed by atoms with Gasteiger partial charge in [-0.25, -0.2) is 0 Å². The van der Waals surface area contributed by atoms with Crippen molar-refractivity contribution in [2.45, 2.75) is 0 Å². The van der Waals surface area contributed by atoms with Gasteiger partial charge in [-0.15, -0.1) is 0 Å². The second kappa shape index (κ2) is 4.50. The lowest BCUT2D eigenvalue weighted by Crippen LogP contribution is -2.01. The Hall–Kier alpha value is -0.960. The predicted octanol–water partition coefficient (Wildman–Crippen LogP) is 4.00. The monoisotopic (exact) mass is 273 g/mol. The number of halogens is 3. The third-order valence-corrected chi connectivity index (χ3v) is 3.14. The molecule has 2 aromatic rings. The first kappa shape index (κ1) is 11.5. The van der Waals surface area contributed by atoms with Gasteiger partial charge in [0.2, 0.25) is 5.56 Å². The van der Waals surface area contributed by atoms with Crippen molar-refractivity contribution in [1.29, 1.82) is 0 Å². The summed E-state index contributed by atoms with van der Waals surface area (Å²) in [6.07, 6.45) is 1.58. The summed E-state index contributed by atoms with van der Waals surface area (Å²) in [7, 11) is 0. The number of nitrogens with one attached hydrogen (secondary N) is 1. The van der Waals surface area contributed by atoms with E-state index in [9.17, 15) is 4.79 Å². The Kier molecular flexibility index (Phi) is 3.24. The number of pyridine rings is 1. The van der Waals surface area contributed by atoms with Crippen LogP contribution in [0.4, 0.5) is 0 Å². The molecule has 0 aliphatic heterocycles. The topological polar surface area (TPSA) is 32.9 Å². The number of aromatic amines is 1. The summed E-state index contributed by atoms with van der Waals surface area (Å²) in [6, 6.07) is 6.34. The van der Waals surface area contributed by atoms with E-state index < -0.39 is 0 Å². The maximum Gasteiger partial charge on any atom is 0.247 e. The maximum atomic E-state index is 10.9. The minimum atomic E-state index is -0.167. The Bertz CT molecular complexity index is 572. The number of rotatable bonds is 1. The highest BCUT2D eigenvalue weighted by Gasteiger charge is 2.07. The largest absolute Gasteiger partial charge is 0.328 e. The molecule has 1 heterocycles. The Balaban J connectivity index is 2.60. The van der Waals surface area contributed by atoms with E-state index >= 15 is 0 Å². The Labute approximate surface area is 107 Å². The minimum Gasteiger partial charge on any atom is -0.328 e.